The van der Waals surface area contributed by atoms with Gasteiger partial charge in [-0.05, 0) is 48.9 Å². The van der Waals surface area contributed by atoms with E-state index in [-0.39, 0.29) is 0 Å². The fraction of sp³-hybridized carbons (Fsp3) is 0.909. The topological polar surface area (TPSA) is 9.23 Å². The summed E-state index contributed by atoms with van der Waals surface area (Å²) in [5.74, 6) is 0.836. The highest BCUT2D eigenvalue weighted by Crippen LogP contribution is 2.37. The van der Waals surface area contributed by atoms with Crippen molar-refractivity contribution in [2.75, 3.05) is 6.61 Å². The molecule has 1 nitrogen and oxygen atoms in total. The van der Waals surface area contributed by atoms with Crippen LogP contribution in [0.2, 0.25) is 18.1 Å². The van der Waals surface area contributed by atoms with E-state index in [0.717, 1.165) is 12.5 Å². The molecule has 0 aliphatic heterocycles. The van der Waals surface area contributed by atoms with E-state index in [0.29, 0.717) is 5.04 Å². The summed E-state index contributed by atoms with van der Waals surface area (Å²) in [7, 11) is -1.59. The lowest BCUT2D eigenvalue weighted by atomic mass is 10.00. The lowest BCUT2D eigenvalue weighted by molar-refractivity contribution is 0.316. The molecule has 1 unspecified atom stereocenters. The van der Waals surface area contributed by atoms with Gasteiger partial charge in [0.2, 0.25) is 0 Å². The van der Waals surface area contributed by atoms with Crippen LogP contribution < -0.4 is 0 Å². The van der Waals surface area contributed by atoms with Gasteiger partial charge >= 0.3 is 0 Å². The molecule has 0 spiro atoms. The highest BCUT2D eigenvalue weighted by molar-refractivity contribution is 6.74. The molecule has 0 bridgehead atoms. The van der Waals surface area contributed by atoms with Gasteiger partial charge in [0.25, 0.3) is 0 Å². The standard InChI is InChI=1S/C22H44OSi/c1-7-8-9-10-11-12-13-14-15-20-16-17-21(18-20)19-23-24(5,6)22(2,3)4/h18,20H,7-17,19H2,1-6H3. The summed E-state index contributed by atoms with van der Waals surface area (Å²) in [4.78, 5) is 0. The molecule has 1 aliphatic carbocycles. The van der Waals surface area contributed by atoms with Crippen molar-refractivity contribution in [3.63, 3.8) is 0 Å². The normalized spacial score (nSPS) is 18.9. The SMILES string of the molecule is CCCCCCCCCCC1C=C(CO[Si](C)(C)C(C)(C)C)CC1. The van der Waals surface area contributed by atoms with E-state index in [1.807, 2.05) is 0 Å². The minimum absolute atomic E-state index is 0.322. The Kier molecular flexibility index (Phi) is 9.89. The molecule has 0 amide bonds. The Balaban J connectivity index is 2.13. The zero-order valence-corrected chi connectivity index (χ0v) is 18.5. The molecule has 0 saturated heterocycles. The fourth-order valence-electron chi connectivity index (χ4n) is 3.25. The van der Waals surface area contributed by atoms with E-state index in [9.17, 15) is 0 Å². The minimum atomic E-state index is -1.59. The first-order chi connectivity index (χ1) is 11.3. The van der Waals surface area contributed by atoms with Gasteiger partial charge in [-0.3, -0.25) is 0 Å². The molecular formula is C22H44OSi. The fourth-order valence-corrected chi connectivity index (χ4v) is 4.23. The Morgan fingerprint density at radius 2 is 1.58 bits per heavy atom. The summed E-state index contributed by atoms with van der Waals surface area (Å²) < 4.78 is 6.39. The predicted molar refractivity (Wildman–Crippen MR) is 111 cm³/mol. The van der Waals surface area contributed by atoms with E-state index in [2.05, 4.69) is 46.9 Å². The van der Waals surface area contributed by atoms with E-state index in [1.165, 1.54) is 70.6 Å². The zero-order valence-electron chi connectivity index (χ0n) is 17.5. The highest BCUT2D eigenvalue weighted by Gasteiger charge is 2.37. The lowest BCUT2D eigenvalue weighted by Crippen LogP contribution is -2.41. The summed E-state index contributed by atoms with van der Waals surface area (Å²) in [6.45, 7) is 14.9. The van der Waals surface area contributed by atoms with Crippen molar-refractivity contribution in [1.82, 2.24) is 0 Å². The van der Waals surface area contributed by atoms with E-state index in [4.69, 9.17) is 4.43 Å². The van der Waals surface area contributed by atoms with Crippen LogP contribution in [0.3, 0.4) is 0 Å². The maximum absolute atomic E-state index is 6.39. The maximum atomic E-state index is 6.39. The van der Waals surface area contributed by atoms with Crippen LogP contribution in [0.1, 0.15) is 98.3 Å². The van der Waals surface area contributed by atoms with Gasteiger partial charge in [0.1, 0.15) is 0 Å². The molecule has 0 aromatic heterocycles. The Bertz CT molecular complexity index is 365. The van der Waals surface area contributed by atoms with Gasteiger partial charge < -0.3 is 4.43 Å². The van der Waals surface area contributed by atoms with Gasteiger partial charge in [0, 0.05) is 0 Å². The number of hydrogen-bond acceptors (Lipinski definition) is 1. The molecular weight excluding hydrogens is 308 g/mol. The zero-order chi connectivity index (χ0) is 18.1. The Labute approximate surface area is 153 Å². The molecule has 1 atom stereocenters. The number of rotatable bonds is 12. The van der Waals surface area contributed by atoms with Crippen LogP contribution >= 0.6 is 0 Å². The summed E-state index contributed by atoms with van der Waals surface area (Å²) in [5, 5.41) is 0.322. The maximum Gasteiger partial charge on any atom is 0.192 e. The second-order valence-corrected chi connectivity index (χ2v) is 14.2. The third-order valence-corrected chi connectivity index (χ3v) is 10.6. The van der Waals surface area contributed by atoms with Crippen LogP contribution in [0.5, 0.6) is 0 Å². The molecule has 0 saturated carbocycles. The van der Waals surface area contributed by atoms with E-state index >= 15 is 0 Å². The van der Waals surface area contributed by atoms with Gasteiger partial charge in [-0.25, -0.2) is 0 Å². The molecule has 0 radical (unpaired) electrons. The minimum Gasteiger partial charge on any atom is -0.413 e. The second kappa shape index (κ2) is 10.8. The van der Waals surface area contributed by atoms with E-state index < -0.39 is 8.32 Å². The summed E-state index contributed by atoms with van der Waals surface area (Å²) >= 11 is 0. The molecule has 2 heteroatoms. The first-order valence-electron chi connectivity index (χ1n) is 10.6. The van der Waals surface area contributed by atoms with Crippen molar-refractivity contribution in [1.29, 1.82) is 0 Å². The Morgan fingerprint density at radius 3 is 2.17 bits per heavy atom. The van der Waals surface area contributed by atoms with Crippen molar-refractivity contribution in [2.45, 2.75) is 116 Å². The average molecular weight is 353 g/mol. The third kappa shape index (κ3) is 8.34. The van der Waals surface area contributed by atoms with Crippen LogP contribution in [0, 0.1) is 5.92 Å². The summed E-state index contributed by atoms with van der Waals surface area (Å²) in [6, 6.07) is 0. The van der Waals surface area contributed by atoms with Gasteiger partial charge in [0.15, 0.2) is 8.32 Å². The predicted octanol–water partition coefficient (Wildman–Crippen LogP) is 7.88. The number of unbranched alkanes of at least 4 members (excludes halogenated alkanes) is 7. The lowest BCUT2D eigenvalue weighted by Gasteiger charge is -2.36. The number of allylic oxidation sites excluding steroid dienone is 1. The molecule has 0 aromatic rings. The van der Waals surface area contributed by atoms with Gasteiger partial charge in [-0.2, -0.15) is 0 Å². The smallest absolute Gasteiger partial charge is 0.192 e. The van der Waals surface area contributed by atoms with Crippen LogP contribution in [-0.4, -0.2) is 14.9 Å². The van der Waals surface area contributed by atoms with Gasteiger partial charge in [-0.15, -0.1) is 0 Å². The molecule has 1 rings (SSSR count). The quantitative estimate of drug-likeness (QED) is 0.197. The Morgan fingerprint density at radius 1 is 1.00 bits per heavy atom. The molecule has 0 heterocycles. The Hall–Kier alpha value is -0.0831. The average Bonchev–Trinajstić information content (AvgIpc) is 2.95. The summed E-state index contributed by atoms with van der Waals surface area (Å²) in [5.41, 5.74) is 1.57. The van der Waals surface area contributed by atoms with Crippen LogP contribution in [0.25, 0.3) is 0 Å². The van der Waals surface area contributed by atoms with Crippen LogP contribution in [-0.2, 0) is 4.43 Å². The highest BCUT2D eigenvalue weighted by atomic mass is 28.4. The molecule has 0 N–H and O–H groups in total. The van der Waals surface area contributed by atoms with E-state index in [1.54, 1.807) is 5.57 Å². The van der Waals surface area contributed by atoms with Gasteiger partial charge in [0.05, 0.1) is 6.61 Å². The molecule has 0 aromatic carbocycles. The molecule has 142 valence electrons. The first kappa shape index (κ1) is 22.0. The second-order valence-electron chi connectivity index (χ2n) is 9.44. The van der Waals surface area contributed by atoms with Gasteiger partial charge in [-0.1, -0.05) is 85.1 Å². The number of hydrogen-bond donors (Lipinski definition) is 0. The molecule has 24 heavy (non-hydrogen) atoms. The monoisotopic (exact) mass is 352 g/mol. The first-order valence-corrected chi connectivity index (χ1v) is 13.5. The van der Waals surface area contributed by atoms with Crippen LogP contribution in [0.4, 0.5) is 0 Å². The van der Waals surface area contributed by atoms with Crippen molar-refractivity contribution >= 4 is 8.32 Å². The van der Waals surface area contributed by atoms with Crippen molar-refractivity contribution in [3.8, 4) is 0 Å². The van der Waals surface area contributed by atoms with Crippen LogP contribution in [0.15, 0.2) is 11.6 Å². The van der Waals surface area contributed by atoms with Crippen molar-refractivity contribution in [3.05, 3.63) is 11.6 Å². The molecule has 0 fully saturated rings. The third-order valence-electron chi connectivity index (χ3n) is 6.16. The summed E-state index contributed by atoms with van der Waals surface area (Å²) in [6.07, 6.45) is 18.0. The van der Waals surface area contributed by atoms with Crippen molar-refractivity contribution < 1.29 is 4.43 Å². The molecule has 1 aliphatic rings. The largest absolute Gasteiger partial charge is 0.413 e. The van der Waals surface area contributed by atoms with Crippen molar-refractivity contribution in [2.24, 2.45) is 5.92 Å².